The lowest BCUT2D eigenvalue weighted by molar-refractivity contribution is 0.516. The van der Waals surface area contributed by atoms with Crippen LogP contribution in [0, 0.1) is 13.8 Å². The minimum absolute atomic E-state index is 0.0345. The van der Waals surface area contributed by atoms with Gasteiger partial charge in [0.25, 0.3) is 0 Å². The molecular formula is C13H15BrClN3. The molecule has 1 unspecified atom stereocenters. The van der Waals surface area contributed by atoms with Crippen molar-refractivity contribution in [3.05, 3.63) is 50.7 Å². The van der Waals surface area contributed by atoms with Gasteiger partial charge in [-0.15, -0.1) is 0 Å². The Morgan fingerprint density at radius 2 is 1.94 bits per heavy atom. The van der Waals surface area contributed by atoms with Crippen LogP contribution in [-0.4, -0.2) is 16.3 Å². The van der Waals surface area contributed by atoms with Crippen molar-refractivity contribution in [1.29, 1.82) is 0 Å². The molecule has 0 radical (unpaired) electrons. The number of aromatic nitrogens is 2. The van der Waals surface area contributed by atoms with E-state index in [1.165, 1.54) is 0 Å². The molecular weight excluding hydrogens is 314 g/mol. The van der Waals surface area contributed by atoms with Gasteiger partial charge in [0, 0.05) is 11.6 Å². The molecule has 2 aromatic rings. The molecule has 0 amide bonds. The smallest absolute Gasteiger partial charge is 0.0894 e. The predicted molar refractivity (Wildman–Crippen MR) is 78.0 cm³/mol. The Labute approximate surface area is 120 Å². The van der Waals surface area contributed by atoms with E-state index >= 15 is 0 Å². The topological polar surface area (TPSA) is 43.8 Å². The summed E-state index contributed by atoms with van der Waals surface area (Å²) in [5.41, 5.74) is 9.06. The molecule has 1 aromatic carbocycles. The first kappa shape index (κ1) is 13.6. The van der Waals surface area contributed by atoms with Gasteiger partial charge in [-0.25, -0.2) is 0 Å². The second kappa shape index (κ2) is 5.43. The molecule has 1 aromatic heterocycles. The predicted octanol–water partition coefficient (Wildman–Crippen LogP) is 3.46. The van der Waals surface area contributed by atoms with Crippen LogP contribution in [0.25, 0.3) is 0 Å². The minimum atomic E-state index is 0.0345. The van der Waals surface area contributed by atoms with E-state index in [1.807, 2.05) is 42.8 Å². The molecule has 96 valence electrons. The molecule has 0 saturated carbocycles. The maximum atomic E-state index is 5.90. The van der Waals surface area contributed by atoms with E-state index in [4.69, 9.17) is 17.3 Å². The van der Waals surface area contributed by atoms with Crippen molar-refractivity contribution in [1.82, 2.24) is 9.78 Å². The molecule has 3 nitrogen and oxygen atoms in total. The fourth-order valence-electron chi connectivity index (χ4n) is 2.01. The molecule has 0 aliphatic rings. The van der Waals surface area contributed by atoms with Crippen LogP contribution in [0.3, 0.4) is 0 Å². The van der Waals surface area contributed by atoms with Gasteiger partial charge in [0.15, 0.2) is 0 Å². The van der Waals surface area contributed by atoms with Crippen LogP contribution in [0.2, 0.25) is 5.02 Å². The van der Waals surface area contributed by atoms with Gasteiger partial charge in [-0.3, -0.25) is 4.68 Å². The quantitative estimate of drug-likeness (QED) is 0.937. The van der Waals surface area contributed by atoms with Crippen molar-refractivity contribution in [2.75, 3.05) is 6.54 Å². The average molecular weight is 329 g/mol. The molecule has 0 spiro atoms. The number of hydrogen-bond donors (Lipinski definition) is 1. The van der Waals surface area contributed by atoms with Crippen molar-refractivity contribution in [2.24, 2.45) is 5.73 Å². The first-order valence-electron chi connectivity index (χ1n) is 5.71. The lowest BCUT2D eigenvalue weighted by Crippen LogP contribution is -2.22. The highest BCUT2D eigenvalue weighted by atomic mass is 79.9. The molecule has 0 saturated heterocycles. The maximum absolute atomic E-state index is 5.90. The Hall–Kier alpha value is -0.840. The number of aryl methyl sites for hydroxylation is 1. The van der Waals surface area contributed by atoms with Crippen LogP contribution in [0.15, 0.2) is 28.7 Å². The molecule has 0 bridgehead atoms. The molecule has 1 atom stereocenters. The van der Waals surface area contributed by atoms with Crippen molar-refractivity contribution < 1.29 is 0 Å². The Kier molecular flexibility index (Phi) is 4.10. The Bertz CT molecular complexity index is 548. The Morgan fingerprint density at radius 1 is 1.33 bits per heavy atom. The van der Waals surface area contributed by atoms with Gasteiger partial charge in [0.05, 0.1) is 21.9 Å². The summed E-state index contributed by atoms with van der Waals surface area (Å²) in [6.07, 6.45) is 0. The van der Waals surface area contributed by atoms with Crippen LogP contribution in [0.5, 0.6) is 0 Å². The molecule has 0 aliphatic heterocycles. The van der Waals surface area contributed by atoms with Crippen LogP contribution >= 0.6 is 27.5 Å². The number of nitrogens with zero attached hydrogens (tertiary/aromatic N) is 2. The van der Waals surface area contributed by atoms with Gasteiger partial charge in [0.1, 0.15) is 0 Å². The van der Waals surface area contributed by atoms with Crippen molar-refractivity contribution in [2.45, 2.75) is 19.9 Å². The standard InChI is InChI=1S/C13H15BrClN3/c1-8-13(14)9(2)18(17-8)12(7-16)10-3-5-11(15)6-4-10/h3-6,12H,7,16H2,1-2H3. The van der Waals surface area contributed by atoms with Crippen molar-refractivity contribution in [3.63, 3.8) is 0 Å². The Balaban J connectivity index is 2.45. The van der Waals surface area contributed by atoms with Gasteiger partial charge in [-0.1, -0.05) is 23.7 Å². The van der Waals surface area contributed by atoms with Crippen LogP contribution in [0.1, 0.15) is 23.0 Å². The zero-order valence-corrected chi connectivity index (χ0v) is 12.7. The SMILES string of the molecule is Cc1nn(C(CN)c2ccc(Cl)cc2)c(C)c1Br. The van der Waals surface area contributed by atoms with E-state index in [0.29, 0.717) is 6.54 Å². The molecule has 18 heavy (non-hydrogen) atoms. The third-order valence-electron chi connectivity index (χ3n) is 3.01. The zero-order valence-electron chi connectivity index (χ0n) is 10.3. The first-order chi connectivity index (χ1) is 8.54. The van der Waals surface area contributed by atoms with Crippen LogP contribution in [-0.2, 0) is 0 Å². The third-order valence-corrected chi connectivity index (χ3v) is 4.41. The molecule has 0 fully saturated rings. The van der Waals surface area contributed by atoms with E-state index in [9.17, 15) is 0 Å². The maximum Gasteiger partial charge on any atom is 0.0894 e. The number of rotatable bonds is 3. The van der Waals surface area contributed by atoms with Crippen LogP contribution < -0.4 is 5.73 Å². The highest BCUT2D eigenvalue weighted by Gasteiger charge is 2.18. The van der Waals surface area contributed by atoms with Gasteiger partial charge in [0.2, 0.25) is 0 Å². The monoisotopic (exact) mass is 327 g/mol. The first-order valence-corrected chi connectivity index (χ1v) is 6.88. The summed E-state index contributed by atoms with van der Waals surface area (Å²) < 4.78 is 3.00. The fraction of sp³-hybridized carbons (Fsp3) is 0.308. The lowest BCUT2D eigenvalue weighted by atomic mass is 10.1. The van der Waals surface area contributed by atoms with E-state index in [2.05, 4.69) is 21.0 Å². The van der Waals surface area contributed by atoms with E-state index in [-0.39, 0.29) is 6.04 Å². The average Bonchev–Trinajstić information content (AvgIpc) is 2.61. The number of benzene rings is 1. The minimum Gasteiger partial charge on any atom is -0.328 e. The normalized spacial score (nSPS) is 12.7. The molecule has 2 N–H and O–H groups in total. The van der Waals surface area contributed by atoms with Crippen molar-refractivity contribution >= 4 is 27.5 Å². The summed E-state index contributed by atoms with van der Waals surface area (Å²) in [6, 6.07) is 7.77. The van der Waals surface area contributed by atoms with E-state index < -0.39 is 0 Å². The largest absolute Gasteiger partial charge is 0.328 e. The summed E-state index contributed by atoms with van der Waals surface area (Å²) >= 11 is 9.44. The summed E-state index contributed by atoms with van der Waals surface area (Å²) in [4.78, 5) is 0. The highest BCUT2D eigenvalue weighted by Crippen LogP contribution is 2.26. The summed E-state index contributed by atoms with van der Waals surface area (Å²) in [7, 11) is 0. The van der Waals surface area contributed by atoms with Gasteiger partial charge in [-0.05, 0) is 47.5 Å². The number of halogens is 2. The van der Waals surface area contributed by atoms with Crippen LogP contribution in [0.4, 0.5) is 0 Å². The second-order valence-electron chi connectivity index (χ2n) is 4.23. The van der Waals surface area contributed by atoms with Gasteiger partial charge < -0.3 is 5.73 Å². The number of nitrogens with two attached hydrogens (primary N) is 1. The second-order valence-corrected chi connectivity index (χ2v) is 5.46. The fourth-order valence-corrected chi connectivity index (χ4v) is 2.40. The number of hydrogen-bond acceptors (Lipinski definition) is 2. The van der Waals surface area contributed by atoms with Gasteiger partial charge in [-0.2, -0.15) is 5.10 Å². The van der Waals surface area contributed by atoms with Gasteiger partial charge >= 0.3 is 0 Å². The third kappa shape index (κ3) is 2.46. The summed E-state index contributed by atoms with van der Waals surface area (Å²) in [5, 5.41) is 5.26. The van der Waals surface area contributed by atoms with Crippen molar-refractivity contribution in [3.8, 4) is 0 Å². The molecule has 1 heterocycles. The summed E-state index contributed by atoms with van der Waals surface area (Å²) in [6.45, 7) is 4.50. The van der Waals surface area contributed by atoms with E-state index in [0.717, 1.165) is 26.4 Å². The zero-order chi connectivity index (χ0) is 13.3. The van der Waals surface area contributed by atoms with E-state index in [1.54, 1.807) is 0 Å². The lowest BCUT2D eigenvalue weighted by Gasteiger charge is -2.18. The summed E-state index contributed by atoms with van der Waals surface area (Å²) in [5.74, 6) is 0. The Morgan fingerprint density at radius 3 is 2.39 bits per heavy atom. The molecule has 5 heteroatoms. The molecule has 2 rings (SSSR count). The molecule has 0 aliphatic carbocycles. The highest BCUT2D eigenvalue weighted by molar-refractivity contribution is 9.10.